The Bertz CT molecular complexity index is 896. The Morgan fingerprint density at radius 3 is 2.71 bits per heavy atom. The van der Waals surface area contributed by atoms with Crippen LogP contribution in [-0.4, -0.2) is 25.8 Å². The molecule has 0 saturated heterocycles. The van der Waals surface area contributed by atoms with E-state index in [4.69, 9.17) is 0 Å². The smallest absolute Gasteiger partial charge is 0.259 e. The number of hydrogen-bond acceptors (Lipinski definition) is 5. The third-order valence-corrected chi connectivity index (χ3v) is 5.75. The monoisotopic (exact) mass is 345 g/mol. The molecule has 0 aliphatic carbocycles. The van der Waals surface area contributed by atoms with Gasteiger partial charge in [0.15, 0.2) is 0 Å². The third kappa shape index (κ3) is 3.01. The zero-order chi connectivity index (χ0) is 17.4. The van der Waals surface area contributed by atoms with Crippen LogP contribution in [0.2, 0.25) is 0 Å². The quantitative estimate of drug-likeness (QED) is 0.745. The van der Waals surface area contributed by atoms with Crippen molar-refractivity contribution in [2.45, 2.75) is 52.7 Å². The average Bonchev–Trinajstić information content (AvgIpc) is 3.15. The van der Waals surface area contributed by atoms with E-state index in [1.54, 1.807) is 17.5 Å². The maximum atomic E-state index is 12.4. The van der Waals surface area contributed by atoms with Crippen LogP contribution in [0.1, 0.15) is 49.1 Å². The van der Waals surface area contributed by atoms with Crippen molar-refractivity contribution in [3.8, 4) is 0 Å². The Morgan fingerprint density at radius 1 is 1.29 bits per heavy atom. The van der Waals surface area contributed by atoms with E-state index in [2.05, 4.69) is 34.2 Å². The van der Waals surface area contributed by atoms with Crippen LogP contribution in [0.4, 0.5) is 0 Å². The first-order valence-electron chi connectivity index (χ1n) is 8.13. The molecule has 6 nitrogen and oxygen atoms in total. The van der Waals surface area contributed by atoms with Gasteiger partial charge in [0, 0.05) is 23.3 Å². The molecule has 3 aromatic heterocycles. The Morgan fingerprint density at radius 2 is 2.04 bits per heavy atom. The molecule has 3 aromatic rings. The summed E-state index contributed by atoms with van der Waals surface area (Å²) >= 11 is 1.57. The number of hydrogen-bond donors (Lipinski definition) is 2. The van der Waals surface area contributed by atoms with Crippen LogP contribution in [0.5, 0.6) is 0 Å². The maximum Gasteiger partial charge on any atom is 0.259 e. The van der Waals surface area contributed by atoms with Gasteiger partial charge in [0.25, 0.3) is 5.56 Å². The summed E-state index contributed by atoms with van der Waals surface area (Å²) in [4.78, 5) is 22.0. The fourth-order valence-corrected chi connectivity index (χ4v) is 3.88. The number of rotatable bonds is 5. The van der Waals surface area contributed by atoms with E-state index < -0.39 is 0 Å². The first-order valence-corrected chi connectivity index (χ1v) is 8.95. The summed E-state index contributed by atoms with van der Waals surface area (Å²) in [5, 5.41) is 8.51. The second kappa shape index (κ2) is 6.49. The zero-order valence-corrected chi connectivity index (χ0v) is 15.4. The lowest BCUT2D eigenvalue weighted by atomic mass is 10.1. The van der Waals surface area contributed by atoms with Gasteiger partial charge in [-0.05, 0) is 46.2 Å². The molecule has 128 valence electrons. The van der Waals surface area contributed by atoms with Gasteiger partial charge in [-0.15, -0.1) is 11.3 Å². The SMILES string of the molecule is Cc1sc2nc(C(C)NC(C)C(C)n3cccn3)[nH]c(=O)c2c1C. The molecule has 7 heteroatoms. The molecular weight excluding hydrogens is 322 g/mol. The van der Waals surface area contributed by atoms with E-state index in [0.717, 1.165) is 15.3 Å². The van der Waals surface area contributed by atoms with Crippen molar-refractivity contribution in [2.75, 3.05) is 0 Å². The van der Waals surface area contributed by atoms with Gasteiger partial charge in [-0.25, -0.2) is 4.98 Å². The van der Waals surface area contributed by atoms with Gasteiger partial charge in [-0.3, -0.25) is 9.48 Å². The first kappa shape index (κ1) is 16.9. The first-order chi connectivity index (χ1) is 11.4. The summed E-state index contributed by atoms with van der Waals surface area (Å²) in [7, 11) is 0. The molecule has 0 aliphatic rings. The van der Waals surface area contributed by atoms with Crippen LogP contribution in [0.25, 0.3) is 10.2 Å². The molecule has 0 fully saturated rings. The number of aromatic nitrogens is 4. The number of fused-ring (bicyclic) bond motifs is 1. The van der Waals surface area contributed by atoms with Gasteiger partial charge in [-0.1, -0.05) is 0 Å². The second-order valence-corrected chi connectivity index (χ2v) is 7.52. The Kier molecular flexibility index (Phi) is 4.56. The van der Waals surface area contributed by atoms with Gasteiger partial charge in [0.1, 0.15) is 10.7 Å². The molecule has 0 saturated carbocycles. The van der Waals surface area contributed by atoms with E-state index in [-0.39, 0.29) is 23.7 Å². The molecule has 0 bridgehead atoms. The Balaban J connectivity index is 1.83. The molecule has 24 heavy (non-hydrogen) atoms. The Labute approximate surface area is 144 Å². The van der Waals surface area contributed by atoms with Crippen molar-refractivity contribution in [3.63, 3.8) is 0 Å². The number of nitrogens with one attached hydrogen (secondary N) is 2. The fourth-order valence-electron chi connectivity index (χ4n) is 2.84. The van der Waals surface area contributed by atoms with Crippen LogP contribution >= 0.6 is 11.3 Å². The number of aryl methyl sites for hydroxylation is 2. The molecule has 3 unspecified atom stereocenters. The van der Waals surface area contributed by atoms with Crippen molar-refractivity contribution in [1.29, 1.82) is 0 Å². The van der Waals surface area contributed by atoms with Crippen LogP contribution in [0.3, 0.4) is 0 Å². The van der Waals surface area contributed by atoms with Crippen LogP contribution in [0, 0.1) is 13.8 Å². The van der Waals surface area contributed by atoms with E-state index in [0.29, 0.717) is 11.2 Å². The fraction of sp³-hybridized carbons (Fsp3) is 0.471. The average molecular weight is 345 g/mol. The molecule has 3 atom stereocenters. The molecule has 0 aliphatic heterocycles. The summed E-state index contributed by atoms with van der Waals surface area (Å²) in [5.74, 6) is 0.674. The Hall–Kier alpha value is -1.99. The minimum absolute atomic E-state index is 0.0572. The third-order valence-electron chi connectivity index (χ3n) is 4.65. The summed E-state index contributed by atoms with van der Waals surface area (Å²) in [6, 6.07) is 2.23. The molecular formula is C17H23N5OS. The summed E-state index contributed by atoms with van der Waals surface area (Å²) < 4.78 is 1.93. The lowest BCUT2D eigenvalue weighted by molar-refractivity contribution is 0.337. The molecule has 0 amide bonds. The molecule has 0 spiro atoms. The highest BCUT2D eigenvalue weighted by molar-refractivity contribution is 7.18. The molecule has 0 aromatic carbocycles. The highest BCUT2D eigenvalue weighted by atomic mass is 32.1. The molecule has 3 heterocycles. The standard InChI is InChI=1S/C17H23N5OS/c1-9-13(5)24-17-14(9)16(23)20-15(21-17)11(3)19-10(2)12(4)22-8-6-7-18-22/h6-8,10-12,19H,1-5H3,(H,20,21,23). The normalized spacial score (nSPS) is 15.5. The minimum atomic E-state index is -0.0576. The summed E-state index contributed by atoms with van der Waals surface area (Å²) in [6.45, 7) is 10.2. The predicted molar refractivity (Wildman–Crippen MR) is 97.7 cm³/mol. The molecule has 3 rings (SSSR count). The number of H-pyrrole nitrogens is 1. The van der Waals surface area contributed by atoms with Gasteiger partial charge in [-0.2, -0.15) is 5.10 Å². The van der Waals surface area contributed by atoms with E-state index in [1.165, 1.54) is 0 Å². The van der Waals surface area contributed by atoms with Crippen molar-refractivity contribution in [2.24, 2.45) is 0 Å². The van der Waals surface area contributed by atoms with Crippen molar-refractivity contribution in [3.05, 3.63) is 45.1 Å². The van der Waals surface area contributed by atoms with Gasteiger partial charge in [0.2, 0.25) is 0 Å². The highest BCUT2D eigenvalue weighted by Gasteiger charge is 2.20. The number of nitrogens with zero attached hydrogens (tertiary/aromatic N) is 3. The van der Waals surface area contributed by atoms with E-state index >= 15 is 0 Å². The summed E-state index contributed by atoms with van der Waals surface area (Å²) in [5.41, 5.74) is 0.967. The van der Waals surface area contributed by atoms with Crippen molar-refractivity contribution in [1.82, 2.24) is 25.1 Å². The van der Waals surface area contributed by atoms with Gasteiger partial charge < -0.3 is 10.3 Å². The predicted octanol–water partition coefficient (Wildman–Crippen LogP) is 3.10. The van der Waals surface area contributed by atoms with Crippen molar-refractivity contribution >= 4 is 21.6 Å². The zero-order valence-electron chi connectivity index (χ0n) is 14.6. The van der Waals surface area contributed by atoms with E-state index in [9.17, 15) is 4.79 Å². The molecule has 2 N–H and O–H groups in total. The lowest BCUT2D eigenvalue weighted by Gasteiger charge is -2.25. The lowest BCUT2D eigenvalue weighted by Crippen LogP contribution is -2.36. The minimum Gasteiger partial charge on any atom is -0.309 e. The number of aromatic amines is 1. The summed E-state index contributed by atoms with van der Waals surface area (Å²) in [6.07, 6.45) is 3.73. The second-order valence-electron chi connectivity index (χ2n) is 6.32. The van der Waals surface area contributed by atoms with Crippen molar-refractivity contribution < 1.29 is 0 Å². The van der Waals surface area contributed by atoms with Crippen LogP contribution in [0.15, 0.2) is 23.3 Å². The maximum absolute atomic E-state index is 12.4. The van der Waals surface area contributed by atoms with E-state index in [1.807, 2.05) is 37.7 Å². The van der Waals surface area contributed by atoms with Gasteiger partial charge in [0.05, 0.1) is 17.5 Å². The number of thiophene rings is 1. The van der Waals surface area contributed by atoms with Crippen LogP contribution in [-0.2, 0) is 0 Å². The van der Waals surface area contributed by atoms with Gasteiger partial charge >= 0.3 is 0 Å². The topological polar surface area (TPSA) is 75.6 Å². The highest BCUT2D eigenvalue weighted by Crippen LogP contribution is 2.26. The van der Waals surface area contributed by atoms with Crippen LogP contribution < -0.4 is 10.9 Å². The molecule has 0 radical (unpaired) electrons. The largest absolute Gasteiger partial charge is 0.309 e.